The molecule has 0 radical (unpaired) electrons. The minimum atomic E-state index is -3.18. The first-order chi connectivity index (χ1) is 11.6. The molecule has 2 heterocycles. The summed E-state index contributed by atoms with van der Waals surface area (Å²) in [7, 11) is 0.220. The van der Waals surface area contributed by atoms with E-state index in [0.717, 1.165) is 6.42 Å². The van der Waals surface area contributed by atoms with Gasteiger partial charge in [0.15, 0.2) is 9.84 Å². The van der Waals surface area contributed by atoms with Crippen LogP contribution in [0.1, 0.15) is 32.6 Å². The minimum absolute atomic E-state index is 0.0212. The van der Waals surface area contributed by atoms with E-state index in [1.54, 1.807) is 19.0 Å². The maximum Gasteiger partial charge on any atom is 0.236 e. The second-order valence-electron chi connectivity index (χ2n) is 8.37. The Hall–Kier alpha value is -1.15. The molecule has 142 valence electrons. The van der Waals surface area contributed by atoms with Crippen molar-refractivity contribution in [2.45, 2.75) is 44.7 Å². The molecule has 2 unspecified atom stereocenters. The number of sulfone groups is 1. The van der Waals surface area contributed by atoms with Crippen LogP contribution in [-0.4, -0.2) is 92.3 Å². The summed E-state index contributed by atoms with van der Waals surface area (Å²) in [6.45, 7) is 3.48. The van der Waals surface area contributed by atoms with Crippen LogP contribution in [0.5, 0.6) is 0 Å². The number of carbonyl (C=O) groups is 2. The first-order valence-electron chi connectivity index (χ1n) is 9.04. The average Bonchev–Trinajstić information content (AvgIpc) is 3.16. The highest BCUT2D eigenvalue weighted by atomic mass is 32.2. The summed E-state index contributed by atoms with van der Waals surface area (Å²) in [6, 6.07) is -0.573. The van der Waals surface area contributed by atoms with Gasteiger partial charge in [-0.15, -0.1) is 0 Å². The van der Waals surface area contributed by atoms with E-state index in [0.29, 0.717) is 24.9 Å². The third kappa shape index (κ3) is 4.16. The van der Waals surface area contributed by atoms with Crippen LogP contribution in [0.2, 0.25) is 0 Å². The van der Waals surface area contributed by atoms with Crippen molar-refractivity contribution in [2.75, 3.05) is 45.2 Å². The quantitative estimate of drug-likeness (QED) is 0.678. The molecular weight excluding hydrogens is 342 g/mol. The molecule has 2 amide bonds. The van der Waals surface area contributed by atoms with Crippen LogP contribution in [0.3, 0.4) is 0 Å². The van der Waals surface area contributed by atoms with Crippen LogP contribution in [0, 0.1) is 5.41 Å². The van der Waals surface area contributed by atoms with Crippen LogP contribution in [0.15, 0.2) is 0 Å². The van der Waals surface area contributed by atoms with Gasteiger partial charge in [-0.3, -0.25) is 14.5 Å². The van der Waals surface area contributed by atoms with E-state index in [-0.39, 0.29) is 41.9 Å². The Morgan fingerprint density at radius 3 is 2.36 bits per heavy atom. The number of fused-ring (bicyclic) bond motifs is 1. The molecule has 0 spiro atoms. The number of hydrogen-bond acceptors (Lipinski definition) is 5. The number of amides is 2. The molecular formula is C17H29N3O4S. The zero-order valence-corrected chi connectivity index (χ0v) is 16.2. The Morgan fingerprint density at radius 2 is 1.76 bits per heavy atom. The summed E-state index contributed by atoms with van der Waals surface area (Å²) >= 11 is 0. The van der Waals surface area contributed by atoms with E-state index >= 15 is 0 Å². The van der Waals surface area contributed by atoms with E-state index in [4.69, 9.17) is 0 Å². The molecule has 3 rings (SSSR count). The lowest BCUT2D eigenvalue weighted by atomic mass is 10.00. The van der Waals surface area contributed by atoms with Crippen LogP contribution in [-0.2, 0) is 19.4 Å². The molecule has 2 saturated heterocycles. The molecule has 3 fully saturated rings. The van der Waals surface area contributed by atoms with Crippen LogP contribution in [0.4, 0.5) is 0 Å². The fraction of sp³-hybridized carbons (Fsp3) is 0.882. The van der Waals surface area contributed by atoms with E-state index in [1.165, 1.54) is 17.7 Å². The van der Waals surface area contributed by atoms with Crippen molar-refractivity contribution >= 4 is 21.7 Å². The Bertz CT molecular complexity index is 657. The molecule has 0 aromatic rings. The highest BCUT2D eigenvalue weighted by Crippen LogP contribution is 2.49. The van der Waals surface area contributed by atoms with Crippen molar-refractivity contribution in [3.8, 4) is 0 Å². The zero-order valence-electron chi connectivity index (χ0n) is 15.4. The Morgan fingerprint density at radius 1 is 1.12 bits per heavy atom. The highest BCUT2D eigenvalue weighted by molar-refractivity contribution is 7.91. The molecule has 1 saturated carbocycles. The maximum absolute atomic E-state index is 12.7. The van der Waals surface area contributed by atoms with E-state index in [2.05, 4.69) is 6.92 Å². The third-order valence-electron chi connectivity index (χ3n) is 5.99. The van der Waals surface area contributed by atoms with Crippen molar-refractivity contribution in [2.24, 2.45) is 5.41 Å². The lowest BCUT2D eigenvalue weighted by molar-refractivity contribution is -0.139. The molecule has 1 aliphatic carbocycles. The van der Waals surface area contributed by atoms with Crippen molar-refractivity contribution in [3.63, 3.8) is 0 Å². The second-order valence-corrected chi connectivity index (χ2v) is 10.5. The monoisotopic (exact) mass is 371 g/mol. The van der Waals surface area contributed by atoms with Crippen molar-refractivity contribution < 1.29 is 18.0 Å². The van der Waals surface area contributed by atoms with Gasteiger partial charge in [-0.05, 0) is 24.7 Å². The van der Waals surface area contributed by atoms with Gasteiger partial charge in [0.05, 0.1) is 24.1 Å². The van der Waals surface area contributed by atoms with Gasteiger partial charge < -0.3 is 9.80 Å². The summed E-state index contributed by atoms with van der Waals surface area (Å²) in [6.07, 6.45) is 3.74. The van der Waals surface area contributed by atoms with Crippen molar-refractivity contribution in [1.82, 2.24) is 14.7 Å². The summed E-state index contributed by atoms with van der Waals surface area (Å²) in [5.74, 6) is 0.0935. The molecule has 0 aromatic heterocycles. The number of hydrogen-bond donors (Lipinski definition) is 0. The number of carbonyl (C=O) groups excluding carboxylic acids is 2. The molecule has 0 bridgehead atoms. The van der Waals surface area contributed by atoms with Crippen molar-refractivity contribution in [1.29, 1.82) is 0 Å². The fourth-order valence-electron chi connectivity index (χ4n) is 3.86. The third-order valence-corrected chi connectivity index (χ3v) is 7.69. The smallest absolute Gasteiger partial charge is 0.236 e. The largest absolute Gasteiger partial charge is 0.348 e. The fourth-order valence-corrected chi connectivity index (χ4v) is 5.87. The second kappa shape index (κ2) is 6.54. The van der Waals surface area contributed by atoms with Gasteiger partial charge in [-0.2, -0.15) is 0 Å². The number of nitrogens with zero attached hydrogens (tertiary/aromatic N) is 3. The predicted octanol–water partition coefficient (Wildman–Crippen LogP) is -0.0353. The van der Waals surface area contributed by atoms with Gasteiger partial charge in [0.1, 0.15) is 0 Å². The van der Waals surface area contributed by atoms with Gasteiger partial charge in [0, 0.05) is 39.6 Å². The predicted molar refractivity (Wildman–Crippen MR) is 94.8 cm³/mol. The van der Waals surface area contributed by atoms with E-state index in [9.17, 15) is 18.0 Å². The SMILES string of the molecule is CN(C)C(=O)CN1CCN(C(=O)CCC2(C)CC2)C2CS(=O)(=O)CC21. The van der Waals surface area contributed by atoms with Gasteiger partial charge in [0.2, 0.25) is 11.8 Å². The molecule has 2 atom stereocenters. The molecule has 0 aromatic carbocycles. The number of likely N-dealkylation sites (N-methyl/N-ethyl adjacent to an activating group) is 1. The van der Waals surface area contributed by atoms with Crippen molar-refractivity contribution in [3.05, 3.63) is 0 Å². The summed E-state index contributed by atoms with van der Waals surface area (Å²) in [5, 5.41) is 0. The summed E-state index contributed by atoms with van der Waals surface area (Å²) < 4.78 is 24.4. The molecule has 25 heavy (non-hydrogen) atoms. The topological polar surface area (TPSA) is 78.0 Å². The maximum atomic E-state index is 12.7. The van der Waals surface area contributed by atoms with E-state index < -0.39 is 9.84 Å². The molecule has 3 aliphatic rings. The standard InChI is InChI=1S/C17H29N3O4S/c1-17(6-7-17)5-4-15(21)20-9-8-19(10-16(22)18(2)3)13-11-25(23,24)12-14(13)20/h13-14H,4-12H2,1-3H3. The zero-order chi connectivity index (χ0) is 18.4. The molecule has 8 heteroatoms. The van der Waals surface area contributed by atoms with Gasteiger partial charge >= 0.3 is 0 Å². The van der Waals surface area contributed by atoms with Gasteiger partial charge in [-0.25, -0.2) is 8.42 Å². The minimum Gasteiger partial charge on any atom is -0.348 e. The Balaban J connectivity index is 1.69. The Labute approximate surface area is 150 Å². The number of piperazine rings is 1. The normalized spacial score (nSPS) is 30.0. The highest BCUT2D eigenvalue weighted by Gasteiger charge is 2.48. The van der Waals surface area contributed by atoms with Crippen LogP contribution < -0.4 is 0 Å². The van der Waals surface area contributed by atoms with E-state index in [1.807, 2.05) is 4.90 Å². The first-order valence-corrected chi connectivity index (χ1v) is 10.9. The van der Waals surface area contributed by atoms with Crippen LogP contribution >= 0.6 is 0 Å². The lowest BCUT2D eigenvalue weighted by Gasteiger charge is -2.44. The molecule has 2 aliphatic heterocycles. The van der Waals surface area contributed by atoms with Gasteiger partial charge in [0.25, 0.3) is 0 Å². The Kier molecular flexibility index (Phi) is 4.87. The van der Waals surface area contributed by atoms with Crippen LogP contribution in [0.25, 0.3) is 0 Å². The molecule has 0 N–H and O–H groups in total. The average molecular weight is 372 g/mol. The summed E-state index contributed by atoms with van der Waals surface area (Å²) in [5.41, 5.74) is 0.316. The van der Waals surface area contributed by atoms with Gasteiger partial charge in [-0.1, -0.05) is 6.92 Å². The molecule has 7 nitrogen and oxygen atoms in total. The summed E-state index contributed by atoms with van der Waals surface area (Å²) in [4.78, 5) is 30.0. The first kappa shape index (κ1) is 18.6. The lowest BCUT2D eigenvalue weighted by Crippen LogP contribution is -2.61. The number of rotatable bonds is 5.